The van der Waals surface area contributed by atoms with E-state index in [4.69, 9.17) is 5.73 Å². The summed E-state index contributed by atoms with van der Waals surface area (Å²) >= 11 is 0. The Labute approximate surface area is 123 Å². The molecule has 2 rings (SSSR count). The summed E-state index contributed by atoms with van der Waals surface area (Å²) in [5, 5.41) is 11.9. The summed E-state index contributed by atoms with van der Waals surface area (Å²) in [6.07, 6.45) is 4.34. The van der Waals surface area contributed by atoms with E-state index in [-0.39, 0.29) is 12.0 Å². The van der Waals surface area contributed by atoms with E-state index in [0.29, 0.717) is 6.42 Å². The van der Waals surface area contributed by atoms with Crippen molar-refractivity contribution in [2.45, 2.75) is 63.6 Å². The molecule has 0 spiro atoms. The molecule has 7 nitrogen and oxygen atoms in total. The van der Waals surface area contributed by atoms with Crippen LogP contribution in [-0.2, 0) is 9.59 Å². The number of urea groups is 1. The van der Waals surface area contributed by atoms with E-state index in [9.17, 15) is 19.5 Å². The van der Waals surface area contributed by atoms with Crippen LogP contribution in [0.1, 0.15) is 46.0 Å². The lowest BCUT2D eigenvalue weighted by Gasteiger charge is -2.35. The number of nitrogens with one attached hydrogen (secondary N) is 1. The zero-order valence-electron chi connectivity index (χ0n) is 12.5. The third-order valence-electron chi connectivity index (χ3n) is 4.64. The number of aliphatic carboxylic acids is 1. The van der Waals surface area contributed by atoms with Crippen LogP contribution >= 0.6 is 0 Å². The van der Waals surface area contributed by atoms with Gasteiger partial charge in [-0.2, -0.15) is 0 Å². The van der Waals surface area contributed by atoms with Gasteiger partial charge < -0.3 is 21.1 Å². The van der Waals surface area contributed by atoms with Crippen LogP contribution < -0.4 is 11.1 Å². The Morgan fingerprint density at radius 3 is 2.43 bits per heavy atom. The molecule has 0 aromatic heterocycles. The molecule has 1 heterocycles. The second-order valence-electron chi connectivity index (χ2n) is 6.53. The van der Waals surface area contributed by atoms with E-state index in [0.717, 1.165) is 25.7 Å². The largest absolute Gasteiger partial charge is 0.480 e. The lowest BCUT2D eigenvalue weighted by Crippen LogP contribution is -2.59. The van der Waals surface area contributed by atoms with Gasteiger partial charge in [-0.05, 0) is 39.0 Å². The maximum absolute atomic E-state index is 12.5. The Bertz CT molecular complexity index is 463. The molecule has 7 heteroatoms. The fourth-order valence-corrected chi connectivity index (χ4v) is 3.37. The highest BCUT2D eigenvalue weighted by atomic mass is 16.4. The summed E-state index contributed by atoms with van der Waals surface area (Å²) in [6.45, 7) is 3.02. The van der Waals surface area contributed by atoms with Crippen molar-refractivity contribution in [1.29, 1.82) is 0 Å². The lowest BCUT2D eigenvalue weighted by atomic mass is 9.85. The summed E-state index contributed by atoms with van der Waals surface area (Å²) in [5.41, 5.74) is 4.05. The van der Waals surface area contributed by atoms with Gasteiger partial charge in [-0.3, -0.25) is 4.79 Å². The predicted molar refractivity (Wildman–Crippen MR) is 75.4 cm³/mol. The van der Waals surface area contributed by atoms with Gasteiger partial charge >= 0.3 is 12.0 Å². The second-order valence-corrected chi connectivity index (χ2v) is 6.53. The number of hydrogen-bond acceptors (Lipinski definition) is 3. The van der Waals surface area contributed by atoms with Crippen molar-refractivity contribution >= 4 is 17.9 Å². The Kier molecular flexibility index (Phi) is 4.11. The summed E-state index contributed by atoms with van der Waals surface area (Å²) < 4.78 is 0. The Balaban J connectivity index is 2.19. The molecule has 1 aliphatic heterocycles. The molecule has 2 aliphatic rings. The van der Waals surface area contributed by atoms with Gasteiger partial charge in [-0.15, -0.1) is 0 Å². The molecule has 4 N–H and O–H groups in total. The van der Waals surface area contributed by atoms with Crippen molar-refractivity contribution in [3.8, 4) is 0 Å². The van der Waals surface area contributed by atoms with Crippen LogP contribution in [-0.4, -0.2) is 45.5 Å². The van der Waals surface area contributed by atoms with Crippen molar-refractivity contribution in [2.24, 2.45) is 11.7 Å². The normalized spacial score (nSPS) is 28.9. The summed E-state index contributed by atoms with van der Waals surface area (Å²) in [4.78, 5) is 36.7. The molecule has 118 valence electrons. The van der Waals surface area contributed by atoms with Crippen LogP contribution in [0.3, 0.4) is 0 Å². The molecule has 0 radical (unpaired) electrons. The minimum absolute atomic E-state index is 0.0523. The standard InChI is InChI=1S/C14H23N3O4/c1-14(2,12(15)20)16-13(21)17-9-6-4-3-5-8(9)7-10(17)11(18)19/h8-10H,3-7H2,1-2H3,(H2,15,20)(H,16,21)(H,18,19). The van der Waals surface area contributed by atoms with Crippen LogP contribution in [0.2, 0.25) is 0 Å². The van der Waals surface area contributed by atoms with Crippen LogP contribution in [0.25, 0.3) is 0 Å². The molecule has 0 aromatic carbocycles. The summed E-state index contributed by atoms with van der Waals surface area (Å²) in [5.74, 6) is -1.40. The molecule has 21 heavy (non-hydrogen) atoms. The van der Waals surface area contributed by atoms with Gasteiger partial charge in [0.15, 0.2) is 0 Å². The van der Waals surface area contributed by atoms with Crippen molar-refractivity contribution < 1.29 is 19.5 Å². The first kappa shape index (κ1) is 15.6. The molecule has 0 bridgehead atoms. The number of rotatable bonds is 3. The highest BCUT2D eigenvalue weighted by Crippen LogP contribution is 2.39. The average Bonchev–Trinajstić information content (AvgIpc) is 2.77. The summed E-state index contributed by atoms with van der Waals surface area (Å²) in [6, 6.07) is -1.38. The molecular weight excluding hydrogens is 274 g/mol. The maximum atomic E-state index is 12.5. The third-order valence-corrected chi connectivity index (χ3v) is 4.64. The van der Waals surface area contributed by atoms with Crippen molar-refractivity contribution in [2.75, 3.05) is 0 Å². The lowest BCUT2D eigenvalue weighted by molar-refractivity contribution is -0.141. The number of carboxylic acid groups (broad SMARTS) is 1. The van der Waals surface area contributed by atoms with Crippen molar-refractivity contribution in [3.05, 3.63) is 0 Å². The van der Waals surface area contributed by atoms with E-state index in [2.05, 4.69) is 5.32 Å². The summed E-state index contributed by atoms with van der Waals surface area (Å²) in [7, 11) is 0. The van der Waals surface area contributed by atoms with E-state index >= 15 is 0 Å². The molecule has 3 unspecified atom stereocenters. The zero-order chi connectivity index (χ0) is 15.8. The van der Waals surface area contributed by atoms with Crippen molar-refractivity contribution in [1.82, 2.24) is 10.2 Å². The van der Waals surface area contributed by atoms with E-state index in [1.54, 1.807) is 0 Å². The number of amides is 3. The molecule has 1 saturated heterocycles. The smallest absolute Gasteiger partial charge is 0.326 e. The zero-order valence-corrected chi connectivity index (χ0v) is 12.5. The van der Waals surface area contributed by atoms with E-state index in [1.807, 2.05) is 0 Å². The molecule has 2 fully saturated rings. The predicted octanol–water partition coefficient (Wildman–Crippen LogP) is 0.678. The second kappa shape index (κ2) is 5.54. The van der Waals surface area contributed by atoms with Gasteiger partial charge in [-0.1, -0.05) is 12.8 Å². The van der Waals surface area contributed by atoms with Crippen LogP contribution in [0.4, 0.5) is 4.79 Å². The number of hydrogen-bond donors (Lipinski definition) is 3. The first-order chi connectivity index (χ1) is 9.74. The van der Waals surface area contributed by atoms with E-state index < -0.39 is 29.5 Å². The van der Waals surface area contributed by atoms with Gasteiger partial charge in [-0.25, -0.2) is 9.59 Å². The first-order valence-corrected chi connectivity index (χ1v) is 7.37. The number of nitrogens with zero attached hydrogens (tertiary/aromatic N) is 1. The van der Waals surface area contributed by atoms with E-state index in [1.165, 1.54) is 18.7 Å². The molecule has 0 aromatic rings. The monoisotopic (exact) mass is 297 g/mol. The Hall–Kier alpha value is -1.79. The Morgan fingerprint density at radius 2 is 1.86 bits per heavy atom. The fraction of sp³-hybridized carbons (Fsp3) is 0.786. The van der Waals surface area contributed by atoms with Crippen molar-refractivity contribution in [3.63, 3.8) is 0 Å². The van der Waals surface area contributed by atoms with Crippen LogP contribution in [0.5, 0.6) is 0 Å². The SMILES string of the molecule is CC(C)(NC(=O)N1C(C(=O)O)CC2CCCCC21)C(N)=O. The minimum Gasteiger partial charge on any atom is -0.480 e. The topological polar surface area (TPSA) is 113 Å². The van der Waals surface area contributed by atoms with Crippen LogP contribution in [0.15, 0.2) is 0 Å². The number of carboxylic acids is 1. The molecular formula is C14H23N3O4. The maximum Gasteiger partial charge on any atom is 0.326 e. The van der Waals surface area contributed by atoms with Gasteiger partial charge in [0.25, 0.3) is 0 Å². The number of primary amides is 1. The number of fused-ring (bicyclic) bond motifs is 1. The number of nitrogens with two attached hydrogens (primary N) is 1. The average molecular weight is 297 g/mol. The highest BCUT2D eigenvalue weighted by molar-refractivity contribution is 5.91. The molecule has 1 saturated carbocycles. The Morgan fingerprint density at radius 1 is 1.24 bits per heavy atom. The quantitative estimate of drug-likeness (QED) is 0.710. The highest BCUT2D eigenvalue weighted by Gasteiger charge is 2.48. The number of likely N-dealkylation sites (tertiary alicyclic amines) is 1. The molecule has 3 atom stereocenters. The molecule has 1 aliphatic carbocycles. The fourth-order valence-electron chi connectivity index (χ4n) is 3.37. The third kappa shape index (κ3) is 2.96. The van der Waals surface area contributed by atoms with Gasteiger partial charge in [0, 0.05) is 6.04 Å². The first-order valence-electron chi connectivity index (χ1n) is 7.37. The van der Waals surface area contributed by atoms with Gasteiger partial charge in [0.1, 0.15) is 11.6 Å². The van der Waals surface area contributed by atoms with Gasteiger partial charge in [0.05, 0.1) is 0 Å². The van der Waals surface area contributed by atoms with Gasteiger partial charge in [0.2, 0.25) is 5.91 Å². The minimum atomic E-state index is -1.20. The van der Waals surface area contributed by atoms with Crippen LogP contribution in [0, 0.1) is 5.92 Å². The number of carbonyl (C=O) groups is 3. The number of carbonyl (C=O) groups excluding carboxylic acids is 2. The molecule has 3 amide bonds.